The standard InChI is InChI=1S/C13H19FN2O2S/c14-12-4-1-3-11(9-12)6-8-16-19(17,18)10-13-5-2-7-15-13/h1,3-4,9,13,15-16H,2,5-8,10H2. The predicted molar refractivity (Wildman–Crippen MR) is 72.9 cm³/mol. The molecule has 1 aromatic rings. The summed E-state index contributed by atoms with van der Waals surface area (Å²) in [4.78, 5) is 0. The van der Waals surface area contributed by atoms with Crippen molar-refractivity contribution in [1.29, 1.82) is 0 Å². The van der Waals surface area contributed by atoms with E-state index in [-0.39, 0.29) is 17.6 Å². The van der Waals surface area contributed by atoms with Crippen LogP contribution in [0.15, 0.2) is 24.3 Å². The molecular weight excluding hydrogens is 267 g/mol. The van der Waals surface area contributed by atoms with E-state index in [9.17, 15) is 12.8 Å². The first kappa shape index (κ1) is 14.4. The molecule has 106 valence electrons. The third kappa shape index (κ3) is 4.89. The second-order valence-electron chi connectivity index (χ2n) is 4.85. The molecule has 4 nitrogen and oxygen atoms in total. The highest BCUT2D eigenvalue weighted by atomic mass is 32.2. The molecule has 1 fully saturated rings. The van der Waals surface area contributed by atoms with Crippen molar-refractivity contribution >= 4 is 10.0 Å². The second-order valence-corrected chi connectivity index (χ2v) is 6.70. The SMILES string of the molecule is O=S(=O)(CC1CCCN1)NCCc1cccc(F)c1. The Bertz CT molecular complexity index is 513. The largest absolute Gasteiger partial charge is 0.313 e. The van der Waals surface area contributed by atoms with E-state index in [0.717, 1.165) is 24.9 Å². The van der Waals surface area contributed by atoms with Crippen molar-refractivity contribution < 1.29 is 12.8 Å². The van der Waals surface area contributed by atoms with E-state index in [2.05, 4.69) is 10.0 Å². The summed E-state index contributed by atoms with van der Waals surface area (Å²) in [5, 5.41) is 3.16. The van der Waals surface area contributed by atoms with Crippen LogP contribution in [0.5, 0.6) is 0 Å². The molecule has 2 rings (SSSR count). The zero-order valence-electron chi connectivity index (χ0n) is 10.7. The first-order chi connectivity index (χ1) is 9.05. The molecule has 1 heterocycles. The first-order valence-electron chi connectivity index (χ1n) is 6.50. The predicted octanol–water partition coefficient (Wildman–Crippen LogP) is 1.04. The summed E-state index contributed by atoms with van der Waals surface area (Å²) in [5.41, 5.74) is 0.793. The van der Waals surface area contributed by atoms with Gasteiger partial charge in [0.05, 0.1) is 5.75 Å². The van der Waals surface area contributed by atoms with Crippen molar-refractivity contribution in [3.05, 3.63) is 35.6 Å². The number of sulfonamides is 1. The molecular formula is C13H19FN2O2S. The fourth-order valence-electron chi connectivity index (χ4n) is 2.27. The van der Waals surface area contributed by atoms with Crippen LogP contribution in [0.25, 0.3) is 0 Å². The van der Waals surface area contributed by atoms with Crippen LogP contribution in [0.1, 0.15) is 18.4 Å². The summed E-state index contributed by atoms with van der Waals surface area (Å²) in [6.45, 7) is 1.20. The number of halogens is 1. The van der Waals surface area contributed by atoms with Crippen LogP contribution >= 0.6 is 0 Å². The summed E-state index contributed by atoms with van der Waals surface area (Å²) >= 11 is 0. The van der Waals surface area contributed by atoms with Gasteiger partial charge in [0, 0.05) is 12.6 Å². The smallest absolute Gasteiger partial charge is 0.213 e. The fraction of sp³-hybridized carbons (Fsp3) is 0.538. The van der Waals surface area contributed by atoms with Gasteiger partial charge in [-0.3, -0.25) is 0 Å². The van der Waals surface area contributed by atoms with Crippen LogP contribution in [0.2, 0.25) is 0 Å². The molecule has 1 aromatic carbocycles. The van der Waals surface area contributed by atoms with E-state index >= 15 is 0 Å². The summed E-state index contributed by atoms with van der Waals surface area (Å²) in [5.74, 6) is -0.175. The van der Waals surface area contributed by atoms with E-state index in [4.69, 9.17) is 0 Å². The van der Waals surface area contributed by atoms with Gasteiger partial charge in [-0.05, 0) is 43.5 Å². The zero-order valence-corrected chi connectivity index (χ0v) is 11.5. The van der Waals surface area contributed by atoms with Gasteiger partial charge >= 0.3 is 0 Å². The average Bonchev–Trinajstić information content (AvgIpc) is 2.80. The highest BCUT2D eigenvalue weighted by Gasteiger charge is 2.21. The minimum atomic E-state index is -3.25. The van der Waals surface area contributed by atoms with Gasteiger partial charge in [0.2, 0.25) is 10.0 Å². The van der Waals surface area contributed by atoms with Gasteiger partial charge in [-0.25, -0.2) is 17.5 Å². The van der Waals surface area contributed by atoms with Gasteiger partial charge in [-0.15, -0.1) is 0 Å². The van der Waals surface area contributed by atoms with E-state index in [1.807, 2.05) is 0 Å². The van der Waals surface area contributed by atoms with Gasteiger partial charge in [-0.2, -0.15) is 0 Å². The summed E-state index contributed by atoms with van der Waals surface area (Å²) in [6, 6.07) is 6.27. The monoisotopic (exact) mass is 286 g/mol. The molecule has 1 aliphatic rings. The lowest BCUT2D eigenvalue weighted by atomic mass is 10.1. The minimum absolute atomic E-state index is 0.0617. The molecule has 0 spiro atoms. The molecule has 1 unspecified atom stereocenters. The molecule has 1 aliphatic heterocycles. The van der Waals surface area contributed by atoms with Crippen LogP contribution in [-0.4, -0.2) is 33.3 Å². The molecule has 0 radical (unpaired) electrons. The topological polar surface area (TPSA) is 58.2 Å². The Labute approximate surface area is 113 Å². The molecule has 0 aliphatic carbocycles. The maximum Gasteiger partial charge on any atom is 0.213 e. The van der Waals surface area contributed by atoms with Crippen molar-refractivity contribution in [3.63, 3.8) is 0 Å². The molecule has 19 heavy (non-hydrogen) atoms. The average molecular weight is 286 g/mol. The van der Waals surface area contributed by atoms with E-state index in [0.29, 0.717) is 13.0 Å². The summed E-state index contributed by atoms with van der Waals surface area (Å²) in [7, 11) is -3.25. The third-order valence-electron chi connectivity index (χ3n) is 3.21. The number of hydrogen-bond acceptors (Lipinski definition) is 3. The molecule has 2 N–H and O–H groups in total. The van der Waals surface area contributed by atoms with E-state index < -0.39 is 10.0 Å². The Morgan fingerprint density at radius 2 is 2.26 bits per heavy atom. The Hall–Kier alpha value is -0.980. The van der Waals surface area contributed by atoms with Crippen LogP contribution in [0.4, 0.5) is 4.39 Å². The summed E-state index contributed by atoms with van der Waals surface area (Å²) < 4.78 is 39.2. The summed E-state index contributed by atoms with van der Waals surface area (Å²) in [6.07, 6.45) is 2.43. The van der Waals surface area contributed by atoms with Crippen LogP contribution < -0.4 is 10.0 Å². The third-order valence-corrected chi connectivity index (χ3v) is 4.69. The Balaban J connectivity index is 1.78. The Kier molecular flexibility index (Phi) is 4.90. The number of benzene rings is 1. The number of nitrogens with one attached hydrogen (secondary N) is 2. The first-order valence-corrected chi connectivity index (χ1v) is 8.15. The maximum atomic E-state index is 13.0. The Morgan fingerprint density at radius 3 is 2.95 bits per heavy atom. The normalized spacial score (nSPS) is 19.7. The lowest BCUT2D eigenvalue weighted by Gasteiger charge is -2.11. The molecule has 0 amide bonds. The van der Waals surface area contributed by atoms with Gasteiger partial charge in [0.1, 0.15) is 5.82 Å². The van der Waals surface area contributed by atoms with Crippen molar-refractivity contribution in [2.75, 3.05) is 18.8 Å². The van der Waals surface area contributed by atoms with Crippen molar-refractivity contribution in [1.82, 2.24) is 10.0 Å². The lowest BCUT2D eigenvalue weighted by molar-refractivity contribution is 0.563. The molecule has 1 atom stereocenters. The lowest BCUT2D eigenvalue weighted by Crippen LogP contribution is -2.37. The van der Waals surface area contributed by atoms with Crippen LogP contribution in [0, 0.1) is 5.82 Å². The molecule has 0 aromatic heterocycles. The highest BCUT2D eigenvalue weighted by molar-refractivity contribution is 7.89. The van der Waals surface area contributed by atoms with E-state index in [1.165, 1.54) is 12.1 Å². The van der Waals surface area contributed by atoms with Crippen molar-refractivity contribution in [3.8, 4) is 0 Å². The number of hydrogen-bond donors (Lipinski definition) is 2. The molecule has 1 saturated heterocycles. The fourth-order valence-corrected chi connectivity index (χ4v) is 3.61. The second kappa shape index (κ2) is 6.45. The highest BCUT2D eigenvalue weighted by Crippen LogP contribution is 2.07. The van der Waals surface area contributed by atoms with Gasteiger partial charge < -0.3 is 5.32 Å². The van der Waals surface area contributed by atoms with E-state index in [1.54, 1.807) is 12.1 Å². The minimum Gasteiger partial charge on any atom is -0.313 e. The van der Waals surface area contributed by atoms with Crippen molar-refractivity contribution in [2.24, 2.45) is 0 Å². The Morgan fingerprint density at radius 1 is 1.42 bits per heavy atom. The molecule has 6 heteroatoms. The molecule has 0 bridgehead atoms. The molecule has 0 saturated carbocycles. The van der Waals surface area contributed by atoms with Gasteiger partial charge in [0.15, 0.2) is 0 Å². The van der Waals surface area contributed by atoms with Crippen molar-refractivity contribution in [2.45, 2.75) is 25.3 Å². The maximum absolute atomic E-state index is 13.0. The quantitative estimate of drug-likeness (QED) is 0.821. The van der Waals surface area contributed by atoms with Crippen LogP contribution in [0.3, 0.4) is 0 Å². The zero-order chi connectivity index (χ0) is 13.7. The number of rotatable bonds is 6. The van der Waals surface area contributed by atoms with Gasteiger partial charge in [0.25, 0.3) is 0 Å². The van der Waals surface area contributed by atoms with Crippen LogP contribution in [-0.2, 0) is 16.4 Å². The van der Waals surface area contributed by atoms with Gasteiger partial charge in [-0.1, -0.05) is 12.1 Å².